The molecule has 0 fully saturated rings. The molecule has 0 spiro atoms. The molecule has 1 N–H and O–H groups in total. The van der Waals surface area contributed by atoms with Gasteiger partial charge in [-0.3, -0.25) is 4.68 Å². The lowest BCUT2D eigenvalue weighted by Gasteiger charge is -2.15. The topological polar surface area (TPSA) is 56.1 Å². The van der Waals surface area contributed by atoms with Crippen molar-refractivity contribution in [3.63, 3.8) is 0 Å². The molecule has 0 unspecified atom stereocenters. The van der Waals surface area contributed by atoms with Crippen LogP contribution < -0.4 is 5.32 Å². The van der Waals surface area contributed by atoms with E-state index < -0.39 is 0 Å². The second-order valence-corrected chi connectivity index (χ2v) is 5.21. The molecule has 22 heavy (non-hydrogen) atoms. The van der Waals surface area contributed by atoms with E-state index in [-0.39, 0.29) is 11.8 Å². The first-order valence-corrected chi connectivity index (χ1v) is 7.40. The van der Waals surface area contributed by atoms with Gasteiger partial charge in [-0.05, 0) is 24.6 Å². The Balaban J connectivity index is 1.93. The standard InChI is InChI=1S/C16H18FN3O2/c1-2-22-16(21)15-13-9-18-8-7-14(13)20(19-15)10-11-3-5-12(17)6-4-11/h3-6,18H,2,7-10H2,1H3. The molecule has 0 radical (unpaired) electrons. The lowest BCUT2D eigenvalue weighted by molar-refractivity contribution is 0.0517. The molecule has 0 bridgehead atoms. The molecular formula is C16H18FN3O2. The molecule has 1 aromatic heterocycles. The number of aromatic nitrogens is 2. The second kappa shape index (κ2) is 6.27. The molecule has 0 amide bonds. The van der Waals surface area contributed by atoms with Gasteiger partial charge < -0.3 is 10.1 Å². The predicted octanol–water partition coefficient (Wildman–Crippen LogP) is 1.89. The van der Waals surface area contributed by atoms with Crippen molar-refractivity contribution in [3.8, 4) is 0 Å². The average molecular weight is 303 g/mol. The Labute approximate surface area is 128 Å². The van der Waals surface area contributed by atoms with Gasteiger partial charge in [0, 0.05) is 30.8 Å². The highest BCUT2D eigenvalue weighted by molar-refractivity contribution is 5.89. The number of hydrogen-bond acceptors (Lipinski definition) is 4. The zero-order valence-corrected chi connectivity index (χ0v) is 12.4. The van der Waals surface area contributed by atoms with Crippen LogP contribution >= 0.6 is 0 Å². The third kappa shape index (κ3) is 2.87. The molecule has 1 aliphatic heterocycles. The highest BCUT2D eigenvalue weighted by Crippen LogP contribution is 2.20. The summed E-state index contributed by atoms with van der Waals surface area (Å²) < 4.78 is 19.9. The van der Waals surface area contributed by atoms with Gasteiger partial charge in [-0.15, -0.1) is 0 Å². The van der Waals surface area contributed by atoms with Gasteiger partial charge in [0.05, 0.1) is 13.2 Å². The van der Waals surface area contributed by atoms with Crippen molar-refractivity contribution in [1.82, 2.24) is 15.1 Å². The first kappa shape index (κ1) is 14.7. The first-order chi connectivity index (χ1) is 10.7. The molecule has 0 saturated carbocycles. The number of nitrogens with one attached hydrogen (secondary N) is 1. The summed E-state index contributed by atoms with van der Waals surface area (Å²) in [7, 11) is 0. The minimum atomic E-state index is -0.389. The van der Waals surface area contributed by atoms with Crippen molar-refractivity contribution >= 4 is 5.97 Å². The fourth-order valence-corrected chi connectivity index (χ4v) is 2.68. The summed E-state index contributed by atoms with van der Waals surface area (Å²) in [6.07, 6.45) is 0.808. The van der Waals surface area contributed by atoms with Crippen LogP contribution in [0.4, 0.5) is 4.39 Å². The highest BCUT2D eigenvalue weighted by atomic mass is 19.1. The van der Waals surface area contributed by atoms with Gasteiger partial charge in [0.15, 0.2) is 5.69 Å². The van der Waals surface area contributed by atoms with Gasteiger partial charge in [-0.1, -0.05) is 12.1 Å². The van der Waals surface area contributed by atoms with Crippen LogP contribution in [0.2, 0.25) is 0 Å². The fourth-order valence-electron chi connectivity index (χ4n) is 2.68. The van der Waals surface area contributed by atoms with E-state index in [9.17, 15) is 9.18 Å². The zero-order chi connectivity index (χ0) is 15.5. The third-order valence-electron chi connectivity index (χ3n) is 3.72. The van der Waals surface area contributed by atoms with Crippen molar-refractivity contribution in [2.75, 3.05) is 13.2 Å². The van der Waals surface area contributed by atoms with Crippen LogP contribution in [0.3, 0.4) is 0 Å². The maximum absolute atomic E-state index is 13.0. The first-order valence-electron chi connectivity index (χ1n) is 7.40. The average Bonchev–Trinajstić information content (AvgIpc) is 2.89. The van der Waals surface area contributed by atoms with Crippen LogP contribution in [-0.2, 0) is 24.2 Å². The minimum Gasteiger partial charge on any atom is -0.461 e. The van der Waals surface area contributed by atoms with Crippen molar-refractivity contribution in [3.05, 3.63) is 52.6 Å². The zero-order valence-electron chi connectivity index (χ0n) is 12.4. The van der Waals surface area contributed by atoms with Gasteiger partial charge >= 0.3 is 5.97 Å². The number of ether oxygens (including phenoxy) is 1. The number of hydrogen-bond donors (Lipinski definition) is 1. The largest absolute Gasteiger partial charge is 0.461 e. The van der Waals surface area contributed by atoms with Crippen molar-refractivity contribution < 1.29 is 13.9 Å². The predicted molar refractivity (Wildman–Crippen MR) is 79.1 cm³/mol. The van der Waals surface area contributed by atoms with Crippen molar-refractivity contribution in [1.29, 1.82) is 0 Å². The number of benzene rings is 1. The number of halogens is 1. The number of rotatable bonds is 4. The minimum absolute atomic E-state index is 0.261. The van der Waals surface area contributed by atoms with E-state index in [0.717, 1.165) is 29.8 Å². The molecule has 2 aromatic rings. The highest BCUT2D eigenvalue weighted by Gasteiger charge is 2.25. The summed E-state index contributed by atoms with van der Waals surface area (Å²) in [5.41, 5.74) is 3.28. The van der Waals surface area contributed by atoms with E-state index in [1.807, 2.05) is 4.68 Å². The Hall–Kier alpha value is -2.21. The number of carbonyl (C=O) groups is 1. The summed E-state index contributed by atoms with van der Waals surface area (Å²) >= 11 is 0. The van der Waals surface area contributed by atoms with Gasteiger partial charge in [-0.2, -0.15) is 5.10 Å². The molecule has 0 saturated heterocycles. The van der Waals surface area contributed by atoms with E-state index in [0.29, 0.717) is 25.4 Å². The van der Waals surface area contributed by atoms with Gasteiger partial charge in [-0.25, -0.2) is 9.18 Å². The summed E-state index contributed by atoms with van der Waals surface area (Å²) in [6.45, 7) is 4.09. The molecule has 3 rings (SSSR count). The lowest BCUT2D eigenvalue weighted by atomic mass is 10.1. The summed E-state index contributed by atoms with van der Waals surface area (Å²) in [5, 5.41) is 7.69. The molecule has 0 aliphatic carbocycles. The molecule has 0 atom stereocenters. The SMILES string of the molecule is CCOC(=O)c1nn(Cc2ccc(F)cc2)c2c1CNCC2. The quantitative estimate of drug-likeness (QED) is 0.877. The number of nitrogens with zero attached hydrogens (tertiary/aromatic N) is 2. The van der Waals surface area contributed by atoms with Crippen LogP contribution in [0.1, 0.15) is 34.2 Å². The maximum atomic E-state index is 13.0. The fraction of sp³-hybridized carbons (Fsp3) is 0.375. The van der Waals surface area contributed by atoms with Crippen LogP contribution in [0.15, 0.2) is 24.3 Å². The Bertz CT molecular complexity index is 679. The van der Waals surface area contributed by atoms with Gasteiger partial charge in [0.25, 0.3) is 0 Å². The third-order valence-corrected chi connectivity index (χ3v) is 3.72. The second-order valence-electron chi connectivity index (χ2n) is 5.21. The van der Waals surface area contributed by atoms with E-state index in [1.54, 1.807) is 19.1 Å². The summed E-state index contributed by atoms with van der Waals surface area (Å²) in [5.74, 6) is -0.650. The molecule has 1 aromatic carbocycles. The Morgan fingerprint density at radius 2 is 2.18 bits per heavy atom. The normalized spacial score (nSPS) is 13.7. The molecular weight excluding hydrogens is 285 g/mol. The lowest BCUT2D eigenvalue weighted by Crippen LogP contribution is -2.25. The summed E-state index contributed by atoms with van der Waals surface area (Å²) in [4.78, 5) is 12.1. The molecule has 116 valence electrons. The van der Waals surface area contributed by atoms with Crippen LogP contribution in [0.5, 0.6) is 0 Å². The Morgan fingerprint density at radius 3 is 2.91 bits per heavy atom. The van der Waals surface area contributed by atoms with Gasteiger partial charge in [0.2, 0.25) is 0 Å². The number of fused-ring (bicyclic) bond motifs is 1. The van der Waals surface area contributed by atoms with Crippen molar-refractivity contribution in [2.24, 2.45) is 0 Å². The van der Waals surface area contributed by atoms with Crippen LogP contribution in [0, 0.1) is 5.82 Å². The monoisotopic (exact) mass is 303 g/mol. The molecule has 6 heteroatoms. The number of carbonyl (C=O) groups excluding carboxylic acids is 1. The van der Waals surface area contributed by atoms with E-state index >= 15 is 0 Å². The van der Waals surface area contributed by atoms with E-state index in [2.05, 4.69) is 10.4 Å². The smallest absolute Gasteiger partial charge is 0.359 e. The Morgan fingerprint density at radius 1 is 1.41 bits per heavy atom. The van der Waals surface area contributed by atoms with Crippen LogP contribution in [-0.4, -0.2) is 28.9 Å². The maximum Gasteiger partial charge on any atom is 0.359 e. The molecule has 5 nitrogen and oxygen atoms in total. The van der Waals surface area contributed by atoms with Crippen LogP contribution in [0.25, 0.3) is 0 Å². The number of esters is 1. The molecule has 2 heterocycles. The van der Waals surface area contributed by atoms with E-state index in [1.165, 1.54) is 12.1 Å². The van der Waals surface area contributed by atoms with Gasteiger partial charge in [0.1, 0.15) is 5.82 Å². The van der Waals surface area contributed by atoms with E-state index in [4.69, 9.17) is 4.74 Å². The summed E-state index contributed by atoms with van der Waals surface area (Å²) in [6, 6.07) is 6.32. The molecule has 1 aliphatic rings. The van der Waals surface area contributed by atoms with Crippen molar-refractivity contribution in [2.45, 2.75) is 26.4 Å². The Kier molecular flexibility index (Phi) is 4.20.